The van der Waals surface area contributed by atoms with E-state index in [9.17, 15) is 13.2 Å². The van der Waals surface area contributed by atoms with Gasteiger partial charge in [-0.1, -0.05) is 50.7 Å². The molecule has 1 aromatic rings. The Hall–Kier alpha value is -1.25. The highest BCUT2D eigenvalue weighted by molar-refractivity contribution is 5.22. The van der Waals surface area contributed by atoms with Gasteiger partial charge in [-0.05, 0) is 79.9 Å². The van der Waals surface area contributed by atoms with Gasteiger partial charge in [0, 0.05) is 0 Å². The van der Waals surface area contributed by atoms with Crippen LogP contribution in [0.3, 0.4) is 0 Å². The second-order valence-corrected chi connectivity index (χ2v) is 8.79. The third kappa shape index (κ3) is 6.12. The predicted molar refractivity (Wildman–Crippen MR) is 105 cm³/mol. The zero-order valence-electron chi connectivity index (χ0n) is 16.3. The predicted octanol–water partition coefficient (Wildman–Crippen LogP) is 8.09. The molecule has 27 heavy (non-hydrogen) atoms. The maximum atomic E-state index is 13.5. The first kappa shape index (κ1) is 20.5. The molecule has 0 spiro atoms. The highest BCUT2D eigenvalue weighted by Crippen LogP contribution is 2.40. The molecule has 3 rings (SSSR count). The zero-order valence-corrected chi connectivity index (χ0v) is 16.3. The van der Waals surface area contributed by atoms with Gasteiger partial charge in [-0.2, -0.15) is 0 Å². The molecule has 0 unspecified atom stereocenters. The molecule has 0 aliphatic heterocycles. The Labute approximate surface area is 162 Å². The second-order valence-electron chi connectivity index (χ2n) is 8.79. The van der Waals surface area contributed by atoms with Gasteiger partial charge >= 0.3 is 0 Å². The topological polar surface area (TPSA) is 0 Å². The van der Waals surface area contributed by atoms with Crippen molar-refractivity contribution in [3.8, 4) is 0 Å². The van der Waals surface area contributed by atoms with Crippen molar-refractivity contribution in [2.45, 2.75) is 83.0 Å². The summed E-state index contributed by atoms with van der Waals surface area (Å²) in [6.45, 7) is 0. The van der Waals surface area contributed by atoms with Gasteiger partial charge in [0.25, 0.3) is 0 Å². The highest BCUT2D eigenvalue weighted by Gasteiger charge is 2.25. The maximum Gasteiger partial charge on any atom is 0.159 e. The van der Waals surface area contributed by atoms with Crippen LogP contribution in [0.5, 0.6) is 0 Å². The SMILES string of the molecule is FC=CCCC1CCC(CCC2CCC(c3ccc(F)c(F)c3)CC2)CC1. The average Bonchev–Trinajstić information content (AvgIpc) is 2.70. The molecule has 0 saturated heterocycles. The van der Waals surface area contributed by atoms with E-state index in [1.807, 2.05) is 0 Å². The van der Waals surface area contributed by atoms with E-state index in [2.05, 4.69) is 0 Å². The number of allylic oxidation sites excluding steroid dienone is 1. The number of rotatable bonds is 7. The fourth-order valence-corrected chi connectivity index (χ4v) is 5.23. The van der Waals surface area contributed by atoms with Crippen molar-refractivity contribution in [3.05, 3.63) is 47.8 Å². The number of hydrogen-bond donors (Lipinski definition) is 0. The lowest BCUT2D eigenvalue weighted by Crippen LogP contribution is -2.18. The lowest BCUT2D eigenvalue weighted by Gasteiger charge is -2.32. The van der Waals surface area contributed by atoms with Crippen molar-refractivity contribution in [1.29, 1.82) is 0 Å². The molecule has 2 aliphatic carbocycles. The summed E-state index contributed by atoms with van der Waals surface area (Å²) in [6.07, 6.45) is 17.0. The lowest BCUT2D eigenvalue weighted by molar-refractivity contribution is 0.225. The van der Waals surface area contributed by atoms with Crippen LogP contribution >= 0.6 is 0 Å². The van der Waals surface area contributed by atoms with E-state index < -0.39 is 11.6 Å². The fraction of sp³-hybridized carbons (Fsp3) is 0.667. The average molecular weight is 379 g/mol. The Kier molecular flexibility index (Phi) is 7.84. The first-order valence-electron chi connectivity index (χ1n) is 10.9. The summed E-state index contributed by atoms with van der Waals surface area (Å²) < 4.78 is 38.6. The third-order valence-electron chi connectivity index (χ3n) is 7.04. The second kappa shape index (κ2) is 10.3. The van der Waals surface area contributed by atoms with Crippen LogP contribution in [-0.4, -0.2) is 0 Å². The molecule has 0 N–H and O–H groups in total. The van der Waals surface area contributed by atoms with Crippen LogP contribution in [0.1, 0.15) is 88.5 Å². The van der Waals surface area contributed by atoms with Crippen LogP contribution in [0.2, 0.25) is 0 Å². The minimum Gasteiger partial charge on any atom is -0.216 e. The minimum atomic E-state index is -0.749. The Balaban J connectivity index is 1.34. The van der Waals surface area contributed by atoms with Crippen LogP contribution in [0, 0.1) is 29.4 Å². The minimum absolute atomic E-state index is 0.394. The first-order valence-corrected chi connectivity index (χ1v) is 10.9. The van der Waals surface area contributed by atoms with Gasteiger partial charge in [0.15, 0.2) is 11.6 Å². The number of benzene rings is 1. The smallest absolute Gasteiger partial charge is 0.159 e. The Morgan fingerprint density at radius 1 is 0.741 bits per heavy atom. The standard InChI is InChI=1S/C24H33F3/c25-16-2-1-3-18-4-6-19(7-5-18)8-9-20-10-12-21(13-11-20)22-14-15-23(26)24(27)17-22/h2,14-21H,1,3-13H2. The van der Waals surface area contributed by atoms with Gasteiger partial charge in [0.1, 0.15) is 0 Å². The fourth-order valence-electron chi connectivity index (χ4n) is 5.23. The third-order valence-corrected chi connectivity index (χ3v) is 7.04. The van der Waals surface area contributed by atoms with E-state index in [0.717, 1.165) is 49.0 Å². The van der Waals surface area contributed by atoms with Crippen molar-refractivity contribution in [2.24, 2.45) is 17.8 Å². The highest BCUT2D eigenvalue weighted by atomic mass is 19.2. The van der Waals surface area contributed by atoms with Gasteiger partial charge in [0.2, 0.25) is 0 Å². The van der Waals surface area contributed by atoms with Crippen molar-refractivity contribution in [1.82, 2.24) is 0 Å². The van der Waals surface area contributed by atoms with E-state index in [0.29, 0.717) is 12.2 Å². The molecule has 2 saturated carbocycles. The molecule has 0 heterocycles. The summed E-state index contributed by atoms with van der Waals surface area (Å²) in [5, 5.41) is 0. The van der Waals surface area contributed by atoms with Gasteiger partial charge in [-0.15, -0.1) is 0 Å². The molecule has 0 nitrogen and oxygen atoms in total. The largest absolute Gasteiger partial charge is 0.216 e. The maximum absolute atomic E-state index is 13.5. The van der Waals surface area contributed by atoms with Crippen LogP contribution in [0.4, 0.5) is 13.2 Å². The summed E-state index contributed by atoms with van der Waals surface area (Å²) in [5.74, 6) is 1.40. The quantitative estimate of drug-likeness (QED) is 0.450. The molecule has 0 radical (unpaired) electrons. The van der Waals surface area contributed by atoms with Crippen molar-refractivity contribution < 1.29 is 13.2 Å². The number of hydrogen-bond acceptors (Lipinski definition) is 0. The van der Waals surface area contributed by atoms with Crippen LogP contribution in [0.25, 0.3) is 0 Å². The molecule has 0 atom stereocenters. The molecular formula is C24H33F3. The van der Waals surface area contributed by atoms with E-state index in [1.165, 1.54) is 63.5 Å². The van der Waals surface area contributed by atoms with Gasteiger partial charge in [-0.3, -0.25) is 0 Å². The van der Waals surface area contributed by atoms with Crippen molar-refractivity contribution in [2.75, 3.05) is 0 Å². The van der Waals surface area contributed by atoms with Crippen LogP contribution in [0.15, 0.2) is 30.6 Å². The lowest BCUT2D eigenvalue weighted by atomic mass is 9.74. The molecule has 0 bridgehead atoms. The van der Waals surface area contributed by atoms with E-state index in [-0.39, 0.29) is 0 Å². The molecule has 2 aliphatic rings. The normalized spacial score (nSPS) is 29.3. The van der Waals surface area contributed by atoms with Gasteiger partial charge in [-0.25, -0.2) is 13.2 Å². The Morgan fingerprint density at radius 2 is 1.30 bits per heavy atom. The molecule has 150 valence electrons. The van der Waals surface area contributed by atoms with E-state index in [1.54, 1.807) is 12.1 Å². The summed E-state index contributed by atoms with van der Waals surface area (Å²) in [5.41, 5.74) is 0.966. The van der Waals surface area contributed by atoms with Crippen LogP contribution < -0.4 is 0 Å². The zero-order chi connectivity index (χ0) is 19.1. The monoisotopic (exact) mass is 378 g/mol. The van der Waals surface area contributed by atoms with Crippen molar-refractivity contribution in [3.63, 3.8) is 0 Å². The first-order chi connectivity index (χ1) is 13.2. The molecule has 0 amide bonds. The molecular weight excluding hydrogens is 345 g/mol. The Morgan fingerprint density at radius 3 is 1.85 bits per heavy atom. The summed E-state index contributed by atoms with van der Waals surface area (Å²) in [6, 6.07) is 4.41. The van der Waals surface area contributed by atoms with E-state index >= 15 is 0 Å². The molecule has 1 aromatic carbocycles. The van der Waals surface area contributed by atoms with E-state index in [4.69, 9.17) is 0 Å². The Bertz CT molecular complexity index is 594. The molecule has 3 heteroatoms. The molecule has 2 fully saturated rings. The number of halogens is 3. The summed E-state index contributed by atoms with van der Waals surface area (Å²) >= 11 is 0. The van der Waals surface area contributed by atoms with Crippen LogP contribution in [-0.2, 0) is 0 Å². The van der Waals surface area contributed by atoms with Gasteiger partial charge < -0.3 is 0 Å². The molecule has 0 aromatic heterocycles. The van der Waals surface area contributed by atoms with Gasteiger partial charge in [0.05, 0.1) is 6.33 Å². The summed E-state index contributed by atoms with van der Waals surface area (Å²) in [7, 11) is 0. The van der Waals surface area contributed by atoms with Crippen molar-refractivity contribution >= 4 is 0 Å². The summed E-state index contributed by atoms with van der Waals surface area (Å²) in [4.78, 5) is 0.